The molecule has 0 unspecified atom stereocenters. The van der Waals surface area contributed by atoms with Crippen LogP contribution in [0.1, 0.15) is 12.5 Å². The van der Waals surface area contributed by atoms with E-state index in [1.165, 1.54) is 12.1 Å². The first-order valence-electron chi connectivity index (χ1n) is 4.37. The summed E-state index contributed by atoms with van der Waals surface area (Å²) in [6, 6.07) is 2.99. The van der Waals surface area contributed by atoms with E-state index in [-0.39, 0.29) is 23.8 Å². The summed E-state index contributed by atoms with van der Waals surface area (Å²) >= 11 is 11.5. The second-order valence-electron chi connectivity index (χ2n) is 2.84. The molecule has 0 bridgehead atoms. The number of phenols is 1. The largest absolute Gasteiger partial charge is 0.506 e. The number of esters is 1. The van der Waals surface area contributed by atoms with E-state index < -0.39 is 5.97 Å². The SMILES string of the molecule is CCOC(=O)Cc1c(Cl)ccc(Cl)c1O. The Hall–Kier alpha value is -0.930. The first-order valence-corrected chi connectivity index (χ1v) is 5.13. The second kappa shape index (κ2) is 5.24. The topological polar surface area (TPSA) is 46.5 Å². The molecule has 0 saturated carbocycles. The van der Waals surface area contributed by atoms with Crippen LogP contribution in [-0.4, -0.2) is 17.7 Å². The van der Waals surface area contributed by atoms with Crippen molar-refractivity contribution in [3.63, 3.8) is 0 Å². The zero-order chi connectivity index (χ0) is 11.4. The quantitative estimate of drug-likeness (QED) is 0.838. The molecule has 0 amide bonds. The molecule has 3 nitrogen and oxygen atoms in total. The molecule has 0 aliphatic carbocycles. The minimum atomic E-state index is -0.447. The van der Waals surface area contributed by atoms with E-state index in [1.807, 2.05) is 0 Å². The lowest BCUT2D eigenvalue weighted by Gasteiger charge is -2.07. The van der Waals surface area contributed by atoms with Crippen LogP contribution in [0.3, 0.4) is 0 Å². The maximum absolute atomic E-state index is 11.2. The van der Waals surface area contributed by atoms with Gasteiger partial charge in [0.25, 0.3) is 0 Å². The molecule has 1 aromatic rings. The Morgan fingerprint density at radius 3 is 2.60 bits per heavy atom. The van der Waals surface area contributed by atoms with Crippen LogP contribution in [0.2, 0.25) is 10.0 Å². The number of ether oxygens (including phenoxy) is 1. The van der Waals surface area contributed by atoms with Crippen molar-refractivity contribution in [2.75, 3.05) is 6.61 Å². The molecule has 1 N–H and O–H groups in total. The summed E-state index contributed by atoms with van der Waals surface area (Å²) in [6.07, 6.45) is -0.0843. The molecule has 5 heteroatoms. The summed E-state index contributed by atoms with van der Waals surface area (Å²) in [4.78, 5) is 11.2. The Labute approximate surface area is 97.6 Å². The lowest BCUT2D eigenvalue weighted by Crippen LogP contribution is -2.08. The van der Waals surface area contributed by atoms with Gasteiger partial charge >= 0.3 is 5.97 Å². The number of rotatable bonds is 3. The highest BCUT2D eigenvalue weighted by Crippen LogP contribution is 2.33. The average molecular weight is 249 g/mol. The Kier molecular flexibility index (Phi) is 4.24. The number of aromatic hydroxyl groups is 1. The summed E-state index contributed by atoms with van der Waals surface area (Å²) in [5.74, 6) is -0.616. The summed E-state index contributed by atoms with van der Waals surface area (Å²) < 4.78 is 4.74. The van der Waals surface area contributed by atoms with E-state index >= 15 is 0 Å². The second-order valence-corrected chi connectivity index (χ2v) is 3.65. The monoisotopic (exact) mass is 248 g/mol. The summed E-state index contributed by atoms with van der Waals surface area (Å²) in [7, 11) is 0. The van der Waals surface area contributed by atoms with Gasteiger partial charge in [-0.1, -0.05) is 23.2 Å². The minimum Gasteiger partial charge on any atom is -0.506 e. The van der Waals surface area contributed by atoms with Gasteiger partial charge in [0.15, 0.2) is 0 Å². The van der Waals surface area contributed by atoms with Gasteiger partial charge in [0.2, 0.25) is 0 Å². The number of benzene rings is 1. The van der Waals surface area contributed by atoms with Gasteiger partial charge in [-0.2, -0.15) is 0 Å². The Morgan fingerprint density at radius 1 is 1.40 bits per heavy atom. The van der Waals surface area contributed by atoms with Gasteiger partial charge in [-0.3, -0.25) is 4.79 Å². The van der Waals surface area contributed by atoms with E-state index in [0.717, 1.165) is 0 Å². The standard InChI is InChI=1S/C10H10Cl2O3/c1-2-15-9(13)5-6-7(11)3-4-8(12)10(6)14/h3-4,14H,2,5H2,1H3. The average Bonchev–Trinajstić information content (AvgIpc) is 2.19. The summed E-state index contributed by atoms with van der Waals surface area (Å²) in [5.41, 5.74) is 0.294. The Bertz CT molecular complexity index is 377. The molecule has 0 aromatic heterocycles. The molecule has 0 saturated heterocycles. The molecule has 15 heavy (non-hydrogen) atoms. The fraction of sp³-hybridized carbons (Fsp3) is 0.300. The highest BCUT2D eigenvalue weighted by Gasteiger charge is 2.14. The van der Waals surface area contributed by atoms with Crippen LogP contribution in [0, 0.1) is 0 Å². The normalized spacial score (nSPS) is 10.1. The van der Waals surface area contributed by atoms with Crippen molar-refractivity contribution in [2.24, 2.45) is 0 Å². The van der Waals surface area contributed by atoms with E-state index in [4.69, 9.17) is 27.9 Å². The van der Waals surface area contributed by atoms with Crippen LogP contribution >= 0.6 is 23.2 Å². The molecule has 0 aliphatic heterocycles. The smallest absolute Gasteiger partial charge is 0.310 e. The van der Waals surface area contributed by atoms with Crippen molar-refractivity contribution in [3.8, 4) is 5.75 Å². The first kappa shape index (κ1) is 12.1. The van der Waals surface area contributed by atoms with E-state index in [9.17, 15) is 9.90 Å². The number of halogens is 2. The van der Waals surface area contributed by atoms with Crippen molar-refractivity contribution in [1.82, 2.24) is 0 Å². The molecule has 0 atom stereocenters. The summed E-state index contributed by atoms with van der Waals surface area (Å²) in [6.45, 7) is 2.00. The highest BCUT2D eigenvalue weighted by atomic mass is 35.5. The zero-order valence-electron chi connectivity index (χ0n) is 8.09. The highest BCUT2D eigenvalue weighted by molar-refractivity contribution is 6.35. The van der Waals surface area contributed by atoms with Crippen LogP contribution in [0.15, 0.2) is 12.1 Å². The van der Waals surface area contributed by atoms with Crippen molar-refractivity contribution in [1.29, 1.82) is 0 Å². The maximum atomic E-state index is 11.2. The lowest BCUT2D eigenvalue weighted by molar-refractivity contribution is -0.142. The molecule has 1 aromatic carbocycles. The third-order valence-corrected chi connectivity index (χ3v) is 2.46. The molecule has 0 fully saturated rings. The minimum absolute atomic E-state index is 0.0843. The number of carbonyl (C=O) groups is 1. The van der Waals surface area contributed by atoms with Gasteiger partial charge in [0.1, 0.15) is 5.75 Å². The van der Waals surface area contributed by atoms with Crippen LogP contribution < -0.4 is 0 Å². The fourth-order valence-corrected chi connectivity index (χ4v) is 1.50. The van der Waals surface area contributed by atoms with Gasteiger partial charge in [-0.25, -0.2) is 0 Å². The number of carbonyl (C=O) groups excluding carboxylic acids is 1. The zero-order valence-corrected chi connectivity index (χ0v) is 9.60. The Balaban J connectivity index is 2.93. The van der Waals surface area contributed by atoms with Gasteiger partial charge < -0.3 is 9.84 Å². The predicted molar refractivity (Wildman–Crippen MR) is 58.5 cm³/mol. The van der Waals surface area contributed by atoms with Crippen LogP contribution in [0.5, 0.6) is 5.75 Å². The lowest BCUT2D eigenvalue weighted by atomic mass is 10.1. The third kappa shape index (κ3) is 3.01. The number of hydrogen-bond donors (Lipinski definition) is 1. The van der Waals surface area contributed by atoms with E-state index in [2.05, 4.69) is 0 Å². The van der Waals surface area contributed by atoms with Gasteiger partial charge in [-0.05, 0) is 19.1 Å². The molecule has 82 valence electrons. The van der Waals surface area contributed by atoms with Crippen molar-refractivity contribution < 1.29 is 14.6 Å². The van der Waals surface area contributed by atoms with E-state index in [1.54, 1.807) is 6.92 Å². The molecular weight excluding hydrogens is 239 g/mol. The van der Waals surface area contributed by atoms with E-state index in [0.29, 0.717) is 10.6 Å². The molecule has 0 spiro atoms. The first-order chi connectivity index (χ1) is 7.06. The van der Waals surface area contributed by atoms with Gasteiger partial charge in [0.05, 0.1) is 18.1 Å². The summed E-state index contributed by atoms with van der Waals surface area (Å²) in [5, 5.41) is 10.0. The van der Waals surface area contributed by atoms with Crippen molar-refractivity contribution in [2.45, 2.75) is 13.3 Å². The Morgan fingerprint density at radius 2 is 2.00 bits per heavy atom. The fourth-order valence-electron chi connectivity index (χ4n) is 1.11. The van der Waals surface area contributed by atoms with Gasteiger partial charge in [0, 0.05) is 10.6 Å². The number of hydrogen-bond acceptors (Lipinski definition) is 3. The predicted octanol–water partition coefficient (Wildman–Crippen LogP) is 2.80. The van der Waals surface area contributed by atoms with Crippen LogP contribution in [0.4, 0.5) is 0 Å². The molecular formula is C10H10Cl2O3. The molecule has 0 radical (unpaired) electrons. The molecule has 0 aliphatic rings. The van der Waals surface area contributed by atoms with Crippen LogP contribution in [0.25, 0.3) is 0 Å². The molecule has 0 heterocycles. The maximum Gasteiger partial charge on any atom is 0.310 e. The van der Waals surface area contributed by atoms with Crippen LogP contribution in [-0.2, 0) is 16.0 Å². The van der Waals surface area contributed by atoms with Crippen molar-refractivity contribution >= 4 is 29.2 Å². The molecule has 1 rings (SSSR count). The van der Waals surface area contributed by atoms with Crippen molar-refractivity contribution in [3.05, 3.63) is 27.7 Å². The van der Waals surface area contributed by atoms with Gasteiger partial charge in [-0.15, -0.1) is 0 Å². The number of phenolic OH excluding ortho intramolecular Hbond substituents is 1. The third-order valence-electron chi connectivity index (χ3n) is 1.80.